The molecule has 0 N–H and O–H groups in total. The number of hydrogen-bond donors (Lipinski definition) is 0. The molecule has 4 heterocycles. The van der Waals surface area contributed by atoms with Crippen LogP contribution in [-0.2, 0) is 0 Å². The lowest BCUT2D eigenvalue weighted by atomic mass is 10.1. The summed E-state index contributed by atoms with van der Waals surface area (Å²) in [6, 6.07) is 8.67. The number of thiophene rings is 1. The first-order valence-corrected chi connectivity index (χ1v) is 9.38. The Hall–Kier alpha value is -1.95. The third kappa shape index (κ3) is 2.79. The number of anilines is 1. The number of carbonyl (C=O) groups is 1. The number of aromatic nitrogens is 2. The summed E-state index contributed by atoms with van der Waals surface area (Å²) in [5, 5.41) is 8.51. The Morgan fingerprint density at radius 2 is 1.92 bits per heavy atom. The van der Waals surface area contributed by atoms with E-state index in [0.717, 1.165) is 48.7 Å². The third-order valence-corrected chi connectivity index (χ3v) is 6.07. The quantitative estimate of drug-likeness (QED) is 0.842. The standard InChI is InChI=1S/C18H22N4OS/c1-12-3-8-17(20-19-12)21-10-9-14-5-6-15(11-21)22(14)18(23)16-7-4-13(2)24-16/h3-4,7-8,14-15H,5-6,9-11H2,1-2H3. The summed E-state index contributed by atoms with van der Waals surface area (Å²) >= 11 is 1.60. The van der Waals surface area contributed by atoms with E-state index in [1.807, 2.05) is 31.2 Å². The van der Waals surface area contributed by atoms with Crippen LogP contribution in [0.3, 0.4) is 0 Å². The predicted molar refractivity (Wildman–Crippen MR) is 95.6 cm³/mol. The highest BCUT2D eigenvalue weighted by atomic mass is 32.1. The molecule has 4 rings (SSSR count). The minimum absolute atomic E-state index is 0.206. The van der Waals surface area contributed by atoms with E-state index in [2.05, 4.69) is 26.9 Å². The minimum Gasteiger partial charge on any atom is -0.353 e. The van der Waals surface area contributed by atoms with Crippen molar-refractivity contribution < 1.29 is 4.79 Å². The fourth-order valence-corrected chi connectivity index (χ4v) is 4.66. The van der Waals surface area contributed by atoms with E-state index in [0.29, 0.717) is 6.04 Å². The van der Waals surface area contributed by atoms with Gasteiger partial charge in [0.2, 0.25) is 0 Å². The number of hydrogen-bond acceptors (Lipinski definition) is 5. The van der Waals surface area contributed by atoms with Crippen LogP contribution in [0, 0.1) is 13.8 Å². The van der Waals surface area contributed by atoms with E-state index in [1.54, 1.807) is 11.3 Å². The summed E-state index contributed by atoms with van der Waals surface area (Å²) in [7, 11) is 0. The molecular weight excluding hydrogens is 320 g/mol. The Morgan fingerprint density at radius 1 is 1.08 bits per heavy atom. The van der Waals surface area contributed by atoms with Gasteiger partial charge >= 0.3 is 0 Å². The SMILES string of the molecule is Cc1ccc(N2CCC3CCC(C2)N3C(=O)c2ccc(C)s2)nn1. The van der Waals surface area contributed by atoms with Crippen LogP contribution in [0.5, 0.6) is 0 Å². The van der Waals surface area contributed by atoms with Gasteiger partial charge in [0, 0.05) is 30.1 Å². The van der Waals surface area contributed by atoms with Gasteiger partial charge in [0.15, 0.2) is 5.82 Å². The zero-order chi connectivity index (χ0) is 16.7. The molecule has 2 aromatic rings. The Bertz CT molecular complexity index is 742. The fraction of sp³-hybridized carbons (Fsp3) is 0.500. The molecule has 2 bridgehead atoms. The monoisotopic (exact) mass is 342 g/mol. The Morgan fingerprint density at radius 3 is 2.62 bits per heavy atom. The van der Waals surface area contributed by atoms with E-state index < -0.39 is 0 Å². The second kappa shape index (κ2) is 6.16. The molecule has 2 aliphatic heterocycles. The number of carbonyl (C=O) groups excluding carboxylic acids is 1. The van der Waals surface area contributed by atoms with Crippen LogP contribution in [0.15, 0.2) is 24.3 Å². The van der Waals surface area contributed by atoms with Gasteiger partial charge in [0.1, 0.15) is 0 Å². The number of fused-ring (bicyclic) bond motifs is 2. The lowest BCUT2D eigenvalue weighted by molar-refractivity contribution is 0.0686. The van der Waals surface area contributed by atoms with Crippen molar-refractivity contribution in [2.75, 3.05) is 18.0 Å². The van der Waals surface area contributed by atoms with E-state index >= 15 is 0 Å². The Labute approximate surface area is 146 Å². The van der Waals surface area contributed by atoms with E-state index in [9.17, 15) is 4.79 Å². The Kier molecular flexibility index (Phi) is 4.00. The first-order valence-electron chi connectivity index (χ1n) is 8.56. The summed E-state index contributed by atoms with van der Waals surface area (Å²) in [4.78, 5) is 19.5. The lowest BCUT2D eigenvalue weighted by Crippen LogP contribution is -2.43. The van der Waals surface area contributed by atoms with Crippen molar-refractivity contribution in [2.45, 2.75) is 45.2 Å². The highest BCUT2D eigenvalue weighted by molar-refractivity contribution is 7.13. The molecule has 0 spiro atoms. The van der Waals surface area contributed by atoms with Gasteiger partial charge < -0.3 is 9.80 Å². The summed E-state index contributed by atoms with van der Waals surface area (Å²) in [6.07, 6.45) is 3.20. The zero-order valence-electron chi connectivity index (χ0n) is 14.1. The molecule has 2 atom stereocenters. The lowest BCUT2D eigenvalue weighted by Gasteiger charge is -2.28. The zero-order valence-corrected chi connectivity index (χ0v) is 14.9. The fourth-order valence-electron chi connectivity index (χ4n) is 3.85. The molecule has 2 fully saturated rings. The van der Waals surface area contributed by atoms with Crippen LogP contribution in [0.2, 0.25) is 0 Å². The molecule has 0 aromatic carbocycles. The second-order valence-electron chi connectivity index (χ2n) is 6.78. The Balaban J connectivity index is 1.56. The summed E-state index contributed by atoms with van der Waals surface area (Å²) in [5.41, 5.74) is 0.931. The highest BCUT2D eigenvalue weighted by Gasteiger charge is 2.40. The van der Waals surface area contributed by atoms with Gasteiger partial charge in [0.05, 0.1) is 10.6 Å². The van der Waals surface area contributed by atoms with Crippen molar-refractivity contribution in [2.24, 2.45) is 0 Å². The molecule has 2 aromatic heterocycles. The summed E-state index contributed by atoms with van der Waals surface area (Å²) < 4.78 is 0. The maximum atomic E-state index is 13.0. The van der Waals surface area contributed by atoms with Crippen LogP contribution in [-0.4, -0.2) is 46.2 Å². The van der Waals surface area contributed by atoms with Crippen molar-refractivity contribution in [3.05, 3.63) is 39.7 Å². The molecule has 0 aliphatic carbocycles. The summed E-state index contributed by atoms with van der Waals surface area (Å²) in [5.74, 6) is 1.13. The molecule has 1 amide bonds. The van der Waals surface area contributed by atoms with Gasteiger partial charge in [-0.25, -0.2) is 0 Å². The van der Waals surface area contributed by atoms with Gasteiger partial charge in [0.25, 0.3) is 5.91 Å². The van der Waals surface area contributed by atoms with E-state index in [-0.39, 0.29) is 11.9 Å². The van der Waals surface area contributed by atoms with Crippen molar-refractivity contribution in [3.8, 4) is 0 Å². The molecule has 2 saturated heterocycles. The van der Waals surface area contributed by atoms with Crippen LogP contribution in [0.1, 0.15) is 39.5 Å². The summed E-state index contributed by atoms with van der Waals surface area (Å²) in [6.45, 7) is 5.79. The first kappa shape index (κ1) is 15.6. The smallest absolute Gasteiger partial charge is 0.264 e. The first-order chi connectivity index (χ1) is 11.6. The van der Waals surface area contributed by atoms with Crippen molar-refractivity contribution in [3.63, 3.8) is 0 Å². The molecule has 0 radical (unpaired) electrons. The molecule has 5 nitrogen and oxygen atoms in total. The third-order valence-electron chi connectivity index (χ3n) is 5.08. The molecule has 24 heavy (non-hydrogen) atoms. The van der Waals surface area contributed by atoms with E-state index in [1.165, 1.54) is 4.88 Å². The normalized spacial score (nSPS) is 23.4. The maximum Gasteiger partial charge on any atom is 0.264 e. The largest absolute Gasteiger partial charge is 0.353 e. The average molecular weight is 342 g/mol. The molecule has 0 saturated carbocycles. The molecular formula is C18H22N4OS. The molecule has 2 unspecified atom stereocenters. The predicted octanol–water partition coefficient (Wildman–Crippen LogP) is 3.04. The van der Waals surface area contributed by atoms with E-state index in [4.69, 9.17) is 0 Å². The molecule has 6 heteroatoms. The van der Waals surface area contributed by atoms with Crippen molar-refractivity contribution in [1.82, 2.24) is 15.1 Å². The molecule has 126 valence electrons. The van der Waals surface area contributed by atoms with Crippen LogP contribution < -0.4 is 4.90 Å². The topological polar surface area (TPSA) is 49.3 Å². The highest BCUT2D eigenvalue weighted by Crippen LogP contribution is 2.33. The second-order valence-corrected chi connectivity index (χ2v) is 8.06. The van der Waals surface area contributed by atoms with Crippen molar-refractivity contribution in [1.29, 1.82) is 0 Å². The maximum absolute atomic E-state index is 13.0. The van der Waals surface area contributed by atoms with Crippen LogP contribution in [0.25, 0.3) is 0 Å². The van der Waals surface area contributed by atoms with Gasteiger partial charge in [-0.05, 0) is 57.4 Å². The number of rotatable bonds is 2. The van der Waals surface area contributed by atoms with Gasteiger partial charge in [-0.1, -0.05) is 0 Å². The average Bonchev–Trinajstić information content (AvgIpc) is 3.11. The van der Waals surface area contributed by atoms with Gasteiger partial charge in [-0.2, -0.15) is 5.10 Å². The van der Waals surface area contributed by atoms with Crippen molar-refractivity contribution >= 4 is 23.1 Å². The number of nitrogens with zero attached hydrogens (tertiary/aromatic N) is 4. The molecule has 2 aliphatic rings. The van der Waals surface area contributed by atoms with Gasteiger partial charge in [-0.15, -0.1) is 16.4 Å². The number of aryl methyl sites for hydroxylation is 2. The number of amides is 1. The minimum atomic E-state index is 0.206. The van der Waals surface area contributed by atoms with Gasteiger partial charge in [-0.3, -0.25) is 4.79 Å². The van der Waals surface area contributed by atoms with Crippen LogP contribution in [0.4, 0.5) is 5.82 Å². The van der Waals surface area contributed by atoms with Crippen LogP contribution >= 0.6 is 11.3 Å².